The molecule has 0 radical (unpaired) electrons. The molecule has 1 unspecified atom stereocenters. The van der Waals surface area contributed by atoms with E-state index in [1.54, 1.807) is 6.20 Å². The Morgan fingerprint density at radius 2 is 2.11 bits per heavy atom. The summed E-state index contributed by atoms with van der Waals surface area (Å²) in [6.45, 7) is 3.43. The minimum Gasteiger partial charge on any atom is -0.489 e. The first-order valence-corrected chi connectivity index (χ1v) is 9.84. The summed E-state index contributed by atoms with van der Waals surface area (Å²) in [5, 5.41) is 8.02. The first-order valence-electron chi connectivity index (χ1n) is 9.84. The molecule has 0 spiro atoms. The maximum atomic E-state index is 6.05. The average Bonchev–Trinajstić information content (AvgIpc) is 3.19. The third kappa shape index (κ3) is 4.70. The van der Waals surface area contributed by atoms with Crippen LogP contribution in [0.2, 0.25) is 0 Å². The molecule has 4 rings (SSSR count). The molecule has 1 aliphatic heterocycles. The number of nitrogens with zero attached hydrogens (tertiary/aromatic N) is 4. The van der Waals surface area contributed by atoms with Crippen molar-refractivity contribution in [3.63, 3.8) is 0 Å². The number of hydrogen-bond acceptors (Lipinski definition) is 5. The highest BCUT2D eigenvalue weighted by atomic mass is 16.5. The van der Waals surface area contributed by atoms with E-state index >= 15 is 0 Å². The SMILES string of the molecule is Cn1cc(N2CCCC(NCc3ccccc3OCc3cccnc3)C2)cn1. The smallest absolute Gasteiger partial charge is 0.124 e. The van der Waals surface area contributed by atoms with E-state index in [9.17, 15) is 0 Å². The van der Waals surface area contributed by atoms with Gasteiger partial charge in [-0.3, -0.25) is 9.67 Å². The molecule has 1 aliphatic rings. The monoisotopic (exact) mass is 377 g/mol. The number of para-hydroxylation sites is 1. The van der Waals surface area contributed by atoms with E-state index in [1.165, 1.54) is 24.1 Å². The van der Waals surface area contributed by atoms with Crippen LogP contribution in [0.1, 0.15) is 24.0 Å². The van der Waals surface area contributed by atoms with Crippen LogP contribution < -0.4 is 15.0 Å². The summed E-state index contributed by atoms with van der Waals surface area (Å²) in [6, 6.07) is 12.7. The van der Waals surface area contributed by atoms with Gasteiger partial charge in [-0.05, 0) is 25.0 Å². The minimum atomic E-state index is 0.459. The highest BCUT2D eigenvalue weighted by molar-refractivity contribution is 5.43. The van der Waals surface area contributed by atoms with Crippen LogP contribution in [-0.2, 0) is 20.2 Å². The molecular weight excluding hydrogens is 350 g/mol. The third-order valence-electron chi connectivity index (χ3n) is 5.15. The maximum absolute atomic E-state index is 6.05. The van der Waals surface area contributed by atoms with Gasteiger partial charge in [0.25, 0.3) is 0 Å². The first-order chi connectivity index (χ1) is 13.8. The van der Waals surface area contributed by atoms with Crippen molar-refractivity contribution < 1.29 is 4.74 Å². The number of hydrogen-bond donors (Lipinski definition) is 1. The first kappa shape index (κ1) is 18.5. The normalized spacial score (nSPS) is 16.9. The van der Waals surface area contributed by atoms with Gasteiger partial charge < -0.3 is 15.0 Å². The largest absolute Gasteiger partial charge is 0.489 e. The summed E-state index contributed by atoms with van der Waals surface area (Å²) >= 11 is 0. The van der Waals surface area contributed by atoms with Crippen molar-refractivity contribution in [1.29, 1.82) is 0 Å². The van der Waals surface area contributed by atoms with Crippen LogP contribution in [0.15, 0.2) is 61.2 Å². The molecule has 146 valence electrons. The van der Waals surface area contributed by atoms with Crippen LogP contribution in [0.5, 0.6) is 5.75 Å². The number of nitrogens with one attached hydrogen (secondary N) is 1. The van der Waals surface area contributed by atoms with E-state index in [4.69, 9.17) is 4.74 Å². The van der Waals surface area contributed by atoms with Gasteiger partial charge in [-0.25, -0.2) is 0 Å². The molecule has 2 aromatic heterocycles. The zero-order valence-corrected chi connectivity index (χ0v) is 16.3. The van der Waals surface area contributed by atoms with E-state index in [0.717, 1.165) is 30.9 Å². The van der Waals surface area contributed by atoms with E-state index in [-0.39, 0.29) is 0 Å². The third-order valence-corrected chi connectivity index (χ3v) is 5.15. The lowest BCUT2D eigenvalue weighted by atomic mass is 10.0. The van der Waals surface area contributed by atoms with Crippen molar-refractivity contribution >= 4 is 5.69 Å². The fourth-order valence-electron chi connectivity index (χ4n) is 3.64. The standard InChI is InChI=1S/C22H27N5O/c1-26-16-21(14-25-26)27-11-5-8-20(15-27)24-13-19-7-2-3-9-22(19)28-17-18-6-4-10-23-12-18/h2-4,6-7,9-10,12,14,16,20,24H,5,8,11,13,15,17H2,1H3. The molecule has 6 nitrogen and oxygen atoms in total. The molecule has 1 aromatic carbocycles. The Kier molecular flexibility index (Phi) is 5.87. The minimum absolute atomic E-state index is 0.459. The number of pyridine rings is 1. The lowest BCUT2D eigenvalue weighted by molar-refractivity contribution is 0.300. The molecule has 3 aromatic rings. The molecule has 1 fully saturated rings. The van der Waals surface area contributed by atoms with Crippen molar-refractivity contribution in [2.24, 2.45) is 7.05 Å². The van der Waals surface area contributed by atoms with Crippen molar-refractivity contribution in [1.82, 2.24) is 20.1 Å². The van der Waals surface area contributed by atoms with E-state index in [2.05, 4.69) is 38.6 Å². The molecule has 0 aliphatic carbocycles. The lowest BCUT2D eigenvalue weighted by Crippen LogP contribution is -2.45. The van der Waals surface area contributed by atoms with Gasteiger partial charge in [0.2, 0.25) is 0 Å². The fraction of sp³-hybridized carbons (Fsp3) is 0.364. The molecule has 0 saturated carbocycles. The Labute approximate surface area is 166 Å². The van der Waals surface area contributed by atoms with Crippen LogP contribution in [0.25, 0.3) is 0 Å². The van der Waals surface area contributed by atoms with Crippen LogP contribution in [0.4, 0.5) is 5.69 Å². The summed E-state index contributed by atoms with van der Waals surface area (Å²) in [6.07, 6.45) is 10.0. The Bertz CT molecular complexity index is 879. The van der Waals surface area contributed by atoms with Gasteiger partial charge in [-0.2, -0.15) is 5.10 Å². The highest BCUT2D eigenvalue weighted by Crippen LogP contribution is 2.22. The number of anilines is 1. The summed E-state index contributed by atoms with van der Waals surface area (Å²) in [4.78, 5) is 6.56. The van der Waals surface area contributed by atoms with Gasteiger partial charge in [-0.1, -0.05) is 24.3 Å². The second-order valence-electron chi connectivity index (χ2n) is 7.30. The second kappa shape index (κ2) is 8.89. The number of benzene rings is 1. The summed E-state index contributed by atoms with van der Waals surface area (Å²) in [5.41, 5.74) is 3.46. The molecule has 0 bridgehead atoms. The van der Waals surface area contributed by atoms with E-state index in [1.807, 2.05) is 48.4 Å². The van der Waals surface area contributed by atoms with Gasteiger partial charge in [0.15, 0.2) is 0 Å². The lowest BCUT2D eigenvalue weighted by Gasteiger charge is -2.34. The molecular formula is C22H27N5O. The number of aromatic nitrogens is 3. The molecule has 28 heavy (non-hydrogen) atoms. The summed E-state index contributed by atoms with van der Waals surface area (Å²) in [5.74, 6) is 0.929. The Morgan fingerprint density at radius 1 is 1.18 bits per heavy atom. The van der Waals surface area contributed by atoms with Gasteiger partial charge in [0, 0.05) is 62.4 Å². The van der Waals surface area contributed by atoms with Gasteiger partial charge in [0.1, 0.15) is 12.4 Å². The van der Waals surface area contributed by atoms with Gasteiger partial charge in [0.05, 0.1) is 11.9 Å². The van der Waals surface area contributed by atoms with Crippen molar-refractivity contribution in [2.45, 2.75) is 32.0 Å². The topological polar surface area (TPSA) is 55.2 Å². The van der Waals surface area contributed by atoms with Crippen molar-refractivity contribution in [3.05, 3.63) is 72.3 Å². The van der Waals surface area contributed by atoms with Crippen LogP contribution >= 0.6 is 0 Å². The van der Waals surface area contributed by atoms with E-state index < -0.39 is 0 Å². The molecule has 6 heteroatoms. The highest BCUT2D eigenvalue weighted by Gasteiger charge is 2.21. The Morgan fingerprint density at radius 3 is 2.93 bits per heavy atom. The predicted molar refractivity (Wildman–Crippen MR) is 110 cm³/mol. The Balaban J connectivity index is 1.34. The zero-order valence-electron chi connectivity index (χ0n) is 16.3. The fourth-order valence-corrected chi connectivity index (χ4v) is 3.64. The van der Waals surface area contributed by atoms with Crippen molar-refractivity contribution in [2.75, 3.05) is 18.0 Å². The van der Waals surface area contributed by atoms with Crippen LogP contribution in [0, 0.1) is 0 Å². The molecule has 1 N–H and O–H groups in total. The average molecular weight is 377 g/mol. The predicted octanol–water partition coefficient (Wildman–Crippen LogP) is 3.15. The van der Waals surface area contributed by atoms with E-state index in [0.29, 0.717) is 12.6 Å². The van der Waals surface area contributed by atoms with Gasteiger partial charge in [-0.15, -0.1) is 0 Å². The summed E-state index contributed by atoms with van der Waals surface area (Å²) < 4.78 is 7.92. The molecule has 0 amide bonds. The quantitative estimate of drug-likeness (QED) is 0.685. The van der Waals surface area contributed by atoms with Crippen LogP contribution in [-0.4, -0.2) is 33.9 Å². The van der Waals surface area contributed by atoms with Gasteiger partial charge >= 0.3 is 0 Å². The summed E-state index contributed by atoms with van der Waals surface area (Å²) in [7, 11) is 1.96. The zero-order chi connectivity index (χ0) is 19.2. The maximum Gasteiger partial charge on any atom is 0.124 e. The number of piperidine rings is 1. The number of aryl methyl sites for hydroxylation is 1. The van der Waals surface area contributed by atoms with Crippen LogP contribution in [0.3, 0.4) is 0 Å². The number of rotatable bonds is 7. The molecule has 1 atom stereocenters. The second-order valence-corrected chi connectivity index (χ2v) is 7.30. The molecule has 3 heterocycles. The molecule has 1 saturated heterocycles. The van der Waals surface area contributed by atoms with Crippen molar-refractivity contribution in [3.8, 4) is 5.75 Å². The Hall–Kier alpha value is -2.86. The number of ether oxygens (including phenoxy) is 1.